The van der Waals surface area contributed by atoms with Crippen LogP contribution in [-0.4, -0.2) is 35.5 Å². The molecule has 0 saturated carbocycles. The Labute approximate surface area is 159 Å². The van der Waals surface area contributed by atoms with Crippen LogP contribution in [0, 0.1) is 0 Å². The molecular weight excluding hydrogens is 346 g/mol. The summed E-state index contributed by atoms with van der Waals surface area (Å²) in [6, 6.07) is 7.34. The van der Waals surface area contributed by atoms with Gasteiger partial charge in [-0.15, -0.1) is 11.3 Å². The van der Waals surface area contributed by atoms with Crippen molar-refractivity contribution in [2.45, 2.75) is 51.6 Å². The molecule has 1 aromatic heterocycles. The van der Waals surface area contributed by atoms with Gasteiger partial charge in [0, 0.05) is 23.0 Å². The van der Waals surface area contributed by atoms with Crippen LogP contribution in [0.25, 0.3) is 0 Å². The van der Waals surface area contributed by atoms with Crippen LogP contribution in [0.1, 0.15) is 44.3 Å². The molecule has 1 fully saturated rings. The van der Waals surface area contributed by atoms with E-state index in [1.807, 2.05) is 24.3 Å². The van der Waals surface area contributed by atoms with Crippen LogP contribution in [-0.2, 0) is 16.8 Å². The maximum atomic E-state index is 12.7. The van der Waals surface area contributed by atoms with Gasteiger partial charge in [0.15, 0.2) is 0 Å². The number of hydrogen-bond acceptors (Lipinski definition) is 5. The van der Waals surface area contributed by atoms with Gasteiger partial charge in [0.2, 0.25) is 5.91 Å². The molecule has 140 valence electrons. The molecule has 1 aromatic carbocycles. The smallest absolute Gasteiger partial charge is 0.241 e. The van der Waals surface area contributed by atoms with Gasteiger partial charge in [-0.1, -0.05) is 20.8 Å². The second kappa shape index (κ2) is 7.76. The van der Waals surface area contributed by atoms with Crippen LogP contribution in [0.15, 0.2) is 29.6 Å². The van der Waals surface area contributed by atoms with Crippen molar-refractivity contribution in [3.63, 3.8) is 0 Å². The van der Waals surface area contributed by atoms with Crippen LogP contribution < -0.4 is 10.1 Å². The number of carbonyl (C=O) groups excluding carboxylic acids is 1. The third-order valence-corrected chi connectivity index (χ3v) is 5.90. The minimum atomic E-state index is -0.100. The van der Waals surface area contributed by atoms with Crippen molar-refractivity contribution in [3.05, 3.63) is 40.3 Å². The van der Waals surface area contributed by atoms with Gasteiger partial charge in [-0.05, 0) is 43.7 Å². The van der Waals surface area contributed by atoms with Crippen molar-refractivity contribution in [1.29, 1.82) is 0 Å². The molecule has 1 aliphatic rings. The van der Waals surface area contributed by atoms with E-state index in [4.69, 9.17) is 9.72 Å². The number of hydrogen-bond donors (Lipinski definition) is 1. The molecule has 0 unspecified atom stereocenters. The normalized spacial score (nSPS) is 18.1. The quantitative estimate of drug-likeness (QED) is 0.859. The number of carbonyl (C=O) groups is 1. The average Bonchev–Trinajstić information content (AvgIpc) is 3.25. The Kier molecular flexibility index (Phi) is 5.63. The number of rotatable bonds is 5. The molecule has 3 rings (SSSR count). The summed E-state index contributed by atoms with van der Waals surface area (Å²) in [5, 5.41) is 6.29. The molecule has 0 bridgehead atoms. The molecule has 5 nitrogen and oxygen atoms in total. The van der Waals surface area contributed by atoms with E-state index in [1.54, 1.807) is 18.4 Å². The SMILES string of the molecule is COc1ccc(NC(=O)[C@@H]2CCCN2Cc2csc(C(C)(C)C)n2)cc1. The van der Waals surface area contributed by atoms with E-state index in [-0.39, 0.29) is 17.4 Å². The van der Waals surface area contributed by atoms with Crippen LogP contribution in [0.2, 0.25) is 0 Å². The zero-order valence-electron chi connectivity index (χ0n) is 15.9. The summed E-state index contributed by atoms with van der Waals surface area (Å²) in [6.45, 7) is 8.19. The lowest BCUT2D eigenvalue weighted by molar-refractivity contribution is -0.120. The minimum absolute atomic E-state index is 0.0546. The molecule has 1 N–H and O–H groups in total. The number of nitrogens with zero attached hydrogens (tertiary/aromatic N) is 2. The van der Waals surface area contributed by atoms with Crippen LogP contribution in [0.5, 0.6) is 5.75 Å². The molecule has 6 heteroatoms. The van der Waals surface area contributed by atoms with E-state index >= 15 is 0 Å². The van der Waals surface area contributed by atoms with Crippen LogP contribution >= 0.6 is 11.3 Å². The van der Waals surface area contributed by atoms with Crippen molar-refractivity contribution >= 4 is 22.9 Å². The Bertz CT molecular complexity index is 749. The molecule has 1 aliphatic heterocycles. The van der Waals surface area contributed by atoms with Gasteiger partial charge in [0.1, 0.15) is 5.75 Å². The second-order valence-corrected chi connectivity index (χ2v) is 8.60. The molecule has 0 aliphatic carbocycles. The Balaban J connectivity index is 1.63. The molecule has 2 heterocycles. The Hall–Kier alpha value is -1.92. The summed E-state index contributed by atoms with van der Waals surface area (Å²) in [5.41, 5.74) is 1.93. The molecule has 0 radical (unpaired) electrons. The van der Waals surface area contributed by atoms with Crippen molar-refractivity contribution in [2.75, 3.05) is 19.0 Å². The lowest BCUT2D eigenvalue weighted by atomic mass is 9.98. The molecule has 26 heavy (non-hydrogen) atoms. The summed E-state index contributed by atoms with van der Waals surface area (Å²) in [6.07, 6.45) is 1.93. The molecular formula is C20H27N3O2S. The molecule has 2 aromatic rings. The van der Waals surface area contributed by atoms with Gasteiger partial charge in [-0.25, -0.2) is 4.98 Å². The first-order chi connectivity index (χ1) is 12.4. The third-order valence-electron chi connectivity index (χ3n) is 4.58. The summed E-state index contributed by atoms with van der Waals surface area (Å²) in [7, 11) is 1.63. The standard InChI is InChI=1S/C20H27N3O2S/c1-20(2,3)19-22-15(13-26-19)12-23-11-5-6-17(23)18(24)21-14-7-9-16(25-4)10-8-14/h7-10,13,17H,5-6,11-12H2,1-4H3,(H,21,24)/t17-/m0/s1. The van der Waals surface area contributed by atoms with E-state index in [0.29, 0.717) is 0 Å². The van der Waals surface area contributed by atoms with Gasteiger partial charge in [0.05, 0.1) is 23.9 Å². The zero-order valence-corrected chi connectivity index (χ0v) is 16.7. The first kappa shape index (κ1) is 18.9. The highest BCUT2D eigenvalue weighted by Crippen LogP contribution is 2.28. The van der Waals surface area contributed by atoms with Crippen LogP contribution in [0.4, 0.5) is 5.69 Å². The van der Waals surface area contributed by atoms with Crippen molar-refractivity contribution in [2.24, 2.45) is 0 Å². The van der Waals surface area contributed by atoms with E-state index < -0.39 is 0 Å². The number of thiazole rings is 1. The molecule has 1 atom stereocenters. The Morgan fingerprint density at radius 2 is 2.08 bits per heavy atom. The number of aromatic nitrogens is 1. The number of benzene rings is 1. The lowest BCUT2D eigenvalue weighted by Gasteiger charge is -2.23. The maximum absolute atomic E-state index is 12.7. The first-order valence-corrected chi connectivity index (χ1v) is 9.88. The van der Waals surface area contributed by atoms with Crippen molar-refractivity contribution in [3.8, 4) is 5.75 Å². The second-order valence-electron chi connectivity index (χ2n) is 7.74. The number of amides is 1. The highest BCUT2D eigenvalue weighted by Gasteiger charge is 2.31. The molecule has 1 saturated heterocycles. The summed E-state index contributed by atoms with van der Waals surface area (Å²) in [5.74, 6) is 0.836. The summed E-state index contributed by atoms with van der Waals surface area (Å²) >= 11 is 1.71. The maximum Gasteiger partial charge on any atom is 0.241 e. The number of methoxy groups -OCH3 is 1. The minimum Gasteiger partial charge on any atom is -0.497 e. The van der Waals surface area contributed by atoms with Crippen LogP contribution in [0.3, 0.4) is 0 Å². The predicted octanol–water partition coefficient (Wildman–Crippen LogP) is 4.05. The largest absolute Gasteiger partial charge is 0.497 e. The van der Waals surface area contributed by atoms with Gasteiger partial charge >= 0.3 is 0 Å². The van der Waals surface area contributed by atoms with Crippen molar-refractivity contribution < 1.29 is 9.53 Å². The monoisotopic (exact) mass is 373 g/mol. The fourth-order valence-electron chi connectivity index (χ4n) is 3.14. The number of nitrogens with one attached hydrogen (secondary N) is 1. The Morgan fingerprint density at radius 3 is 2.69 bits per heavy atom. The average molecular weight is 374 g/mol. The summed E-state index contributed by atoms with van der Waals surface area (Å²) < 4.78 is 5.16. The van der Waals surface area contributed by atoms with Gasteiger partial charge in [-0.2, -0.15) is 0 Å². The van der Waals surface area contributed by atoms with Gasteiger partial charge in [-0.3, -0.25) is 9.69 Å². The zero-order chi connectivity index (χ0) is 18.7. The fourth-order valence-corrected chi connectivity index (χ4v) is 4.04. The fraction of sp³-hybridized carbons (Fsp3) is 0.500. The first-order valence-electron chi connectivity index (χ1n) is 9.00. The van der Waals surface area contributed by atoms with E-state index in [9.17, 15) is 4.79 Å². The molecule has 1 amide bonds. The molecule has 0 spiro atoms. The van der Waals surface area contributed by atoms with E-state index in [2.05, 4.69) is 36.4 Å². The third kappa shape index (κ3) is 4.43. The highest BCUT2D eigenvalue weighted by atomic mass is 32.1. The predicted molar refractivity (Wildman–Crippen MR) is 106 cm³/mol. The van der Waals surface area contributed by atoms with E-state index in [0.717, 1.165) is 48.1 Å². The lowest BCUT2D eigenvalue weighted by Crippen LogP contribution is -2.39. The number of likely N-dealkylation sites (tertiary alicyclic amines) is 1. The topological polar surface area (TPSA) is 54.5 Å². The number of anilines is 1. The van der Waals surface area contributed by atoms with Gasteiger partial charge < -0.3 is 10.1 Å². The summed E-state index contributed by atoms with van der Waals surface area (Å²) in [4.78, 5) is 19.7. The van der Waals surface area contributed by atoms with Crippen molar-refractivity contribution in [1.82, 2.24) is 9.88 Å². The van der Waals surface area contributed by atoms with Gasteiger partial charge in [0.25, 0.3) is 0 Å². The Morgan fingerprint density at radius 1 is 1.35 bits per heavy atom. The van der Waals surface area contributed by atoms with E-state index in [1.165, 1.54) is 0 Å². The highest BCUT2D eigenvalue weighted by molar-refractivity contribution is 7.09. The number of ether oxygens (including phenoxy) is 1.